The van der Waals surface area contributed by atoms with E-state index in [0.29, 0.717) is 0 Å². The Morgan fingerprint density at radius 1 is 0.735 bits per heavy atom. The summed E-state index contributed by atoms with van der Waals surface area (Å²) < 4.78 is 2.58. The molecule has 34 heavy (non-hydrogen) atoms. The van der Waals surface area contributed by atoms with Crippen molar-refractivity contribution in [3.8, 4) is 0 Å². The van der Waals surface area contributed by atoms with Crippen molar-refractivity contribution in [2.75, 3.05) is 0 Å². The number of nitrogens with zero attached hydrogens (tertiary/aromatic N) is 2. The molecule has 0 bridgehead atoms. The largest absolute Gasteiger partial charge is 0.299 e. The number of aromatic nitrogens is 2. The highest BCUT2D eigenvalue weighted by Crippen LogP contribution is 2.52. The van der Waals surface area contributed by atoms with Gasteiger partial charge in [0.25, 0.3) is 0 Å². The first-order valence-corrected chi connectivity index (χ1v) is 14.1. The van der Waals surface area contributed by atoms with Gasteiger partial charge in [-0.1, -0.05) is 97.9 Å². The predicted molar refractivity (Wildman–Crippen MR) is 144 cm³/mol. The maximum atomic E-state index is 5.32. The van der Waals surface area contributed by atoms with Crippen LogP contribution in [-0.4, -0.2) is 17.5 Å². The van der Waals surface area contributed by atoms with Crippen LogP contribution in [0.1, 0.15) is 29.3 Å². The lowest BCUT2D eigenvalue weighted by Crippen LogP contribution is -2.88. The molecule has 2 aromatic heterocycles. The van der Waals surface area contributed by atoms with Crippen molar-refractivity contribution in [2.45, 2.75) is 25.8 Å². The molecule has 3 heteroatoms. The molecule has 2 nitrogen and oxygen atoms in total. The normalized spacial score (nSPS) is 22.2. The van der Waals surface area contributed by atoms with Gasteiger partial charge in [0.1, 0.15) is 5.65 Å². The first kappa shape index (κ1) is 18.7. The van der Waals surface area contributed by atoms with Crippen molar-refractivity contribution in [1.29, 1.82) is 0 Å². The van der Waals surface area contributed by atoms with E-state index in [1.165, 1.54) is 54.6 Å². The second-order valence-electron chi connectivity index (χ2n) is 10.2. The number of rotatable bonds is 1. The fourth-order valence-electron chi connectivity index (χ4n) is 7.57. The first-order chi connectivity index (χ1) is 16.6. The number of pyridine rings is 1. The van der Waals surface area contributed by atoms with Crippen LogP contribution in [0.2, 0.25) is 0 Å². The van der Waals surface area contributed by atoms with Gasteiger partial charge in [-0.2, -0.15) is 0 Å². The van der Waals surface area contributed by atoms with Crippen LogP contribution < -0.4 is 15.7 Å². The third kappa shape index (κ3) is 1.73. The molecule has 0 spiro atoms. The Morgan fingerprint density at radius 3 is 2.26 bits per heavy atom. The number of imidazole rings is 1. The van der Waals surface area contributed by atoms with E-state index in [1.807, 2.05) is 0 Å². The lowest BCUT2D eigenvalue weighted by atomic mass is 9.86. The first-order valence-electron chi connectivity index (χ1n) is 12.1. The lowest BCUT2D eigenvalue weighted by Gasteiger charge is -2.60. The minimum absolute atomic E-state index is 0.0485. The van der Waals surface area contributed by atoms with E-state index in [1.54, 1.807) is 5.19 Å². The average molecular weight is 453 g/mol. The van der Waals surface area contributed by atoms with Gasteiger partial charge in [-0.05, 0) is 46.3 Å². The summed E-state index contributed by atoms with van der Waals surface area (Å²) in [6, 6.07) is 34.1. The van der Waals surface area contributed by atoms with Gasteiger partial charge in [-0.15, -0.1) is 0 Å². The third-order valence-corrected chi connectivity index (χ3v) is 14.6. The SMILES string of the molecule is Cc1nc2c3ccccc3c3c(C)ccc4c3n2c1[Si]1(c2ccccc2)c2ccccc2C41C. The number of hydrogen-bond donors (Lipinski definition) is 0. The Kier molecular flexibility index (Phi) is 3.22. The molecule has 4 heterocycles. The molecular formula is C31H24N2Si. The summed E-state index contributed by atoms with van der Waals surface area (Å²) >= 11 is 0. The highest BCUT2D eigenvalue weighted by molar-refractivity contribution is 7.17. The number of fused-ring (bicyclic) bond motifs is 9. The standard InChI is InChI=1S/C31H24N2Si/c1-19-17-18-25-28-27(19)22-13-7-8-14-23(22)29-32-20(2)30(33(28)29)34(21-11-5-4-6-12-21)26-16-10-9-15-24(26)31(25,34)3/h4-18H,1-3H3. The van der Waals surface area contributed by atoms with Crippen molar-refractivity contribution in [2.24, 2.45) is 0 Å². The van der Waals surface area contributed by atoms with Crippen molar-refractivity contribution in [3.05, 3.63) is 113 Å². The van der Waals surface area contributed by atoms with Crippen molar-refractivity contribution >= 4 is 51.1 Å². The molecule has 0 amide bonds. The zero-order valence-electron chi connectivity index (χ0n) is 19.6. The van der Waals surface area contributed by atoms with Gasteiger partial charge in [0, 0.05) is 21.1 Å². The smallest absolute Gasteiger partial charge is 0.186 e. The molecule has 2 aliphatic heterocycles. The fourth-order valence-corrected chi connectivity index (χ4v) is 14.0. The summed E-state index contributed by atoms with van der Waals surface area (Å²) in [6.07, 6.45) is 0. The molecule has 0 radical (unpaired) electrons. The molecule has 2 atom stereocenters. The summed E-state index contributed by atoms with van der Waals surface area (Å²) in [7, 11) is -2.40. The highest BCUT2D eigenvalue weighted by atomic mass is 28.3. The minimum Gasteiger partial charge on any atom is -0.299 e. The van der Waals surface area contributed by atoms with Gasteiger partial charge in [0.2, 0.25) is 0 Å². The number of benzene rings is 4. The summed E-state index contributed by atoms with van der Waals surface area (Å²) in [4.78, 5) is 5.32. The molecule has 0 saturated heterocycles. The zero-order chi connectivity index (χ0) is 22.8. The maximum Gasteiger partial charge on any atom is 0.186 e. The van der Waals surface area contributed by atoms with E-state index in [0.717, 1.165) is 5.65 Å². The van der Waals surface area contributed by atoms with E-state index in [9.17, 15) is 0 Å². The van der Waals surface area contributed by atoms with E-state index in [-0.39, 0.29) is 5.04 Å². The summed E-state index contributed by atoms with van der Waals surface area (Å²) in [5.41, 5.74) is 7.93. The summed E-state index contributed by atoms with van der Waals surface area (Å²) in [5, 5.41) is 8.37. The van der Waals surface area contributed by atoms with Gasteiger partial charge >= 0.3 is 0 Å². The van der Waals surface area contributed by atoms with Crippen LogP contribution in [0.5, 0.6) is 0 Å². The Labute approximate surface area is 199 Å². The lowest BCUT2D eigenvalue weighted by molar-refractivity contribution is 0.757. The molecule has 0 fully saturated rings. The summed E-state index contributed by atoms with van der Waals surface area (Å²) in [5.74, 6) is 0. The van der Waals surface area contributed by atoms with Gasteiger partial charge in [0.05, 0.1) is 11.2 Å². The predicted octanol–water partition coefficient (Wildman–Crippen LogP) is 4.90. The molecule has 8 rings (SSSR count). The molecule has 0 N–H and O–H groups in total. The molecule has 4 aromatic carbocycles. The number of hydrogen-bond acceptors (Lipinski definition) is 1. The van der Waals surface area contributed by atoms with E-state index in [4.69, 9.17) is 4.98 Å². The Balaban J connectivity index is 1.74. The Morgan fingerprint density at radius 2 is 1.44 bits per heavy atom. The second kappa shape index (κ2) is 5.86. The monoisotopic (exact) mass is 452 g/mol. The zero-order valence-corrected chi connectivity index (χ0v) is 20.6. The van der Waals surface area contributed by atoms with Gasteiger partial charge < -0.3 is 0 Å². The van der Waals surface area contributed by atoms with Crippen LogP contribution in [0.25, 0.3) is 27.3 Å². The maximum absolute atomic E-state index is 5.32. The third-order valence-electron chi connectivity index (χ3n) is 8.82. The Bertz CT molecular complexity index is 1850. The van der Waals surface area contributed by atoms with E-state index >= 15 is 0 Å². The molecule has 0 aliphatic carbocycles. The van der Waals surface area contributed by atoms with E-state index < -0.39 is 8.07 Å². The fraction of sp³-hybridized carbons (Fsp3) is 0.129. The number of aryl methyl sites for hydroxylation is 2. The molecule has 6 aromatic rings. The van der Waals surface area contributed by atoms with Crippen LogP contribution in [-0.2, 0) is 5.04 Å². The van der Waals surface area contributed by atoms with Crippen LogP contribution in [0.4, 0.5) is 0 Å². The minimum atomic E-state index is -2.40. The van der Waals surface area contributed by atoms with Crippen LogP contribution in [0.15, 0.2) is 91.0 Å². The van der Waals surface area contributed by atoms with Crippen LogP contribution in [0, 0.1) is 13.8 Å². The van der Waals surface area contributed by atoms with Crippen LogP contribution >= 0.6 is 0 Å². The molecule has 162 valence electrons. The highest BCUT2D eigenvalue weighted by Gasteiger charge is 2.68. The van der Waals surface area contributed by atoms with E-state index in [2.05, 4.69) is 116 Å². The summed E-state index contributed by atoms with van der Waals surface area (Å²) in [6.45, 7) is 7.02. The van der Waals surface area contributed by atoms with Crippen LogP contribution in [0.3, 0.4) is 0 Å². The second-order valence-corrected chi connectivity index (χ2v) is 14.3. The quantitative estimate of drug-likeness (QED) is 0.256. The van der Waals surface area contributed by atoms with Gasteiger partial charge in [-0.25, -0.2) is 4.98 Å². The van der Waals surface area contributed by atoms with Gasteiger partial charge in [-0.3, -0.25) is 4.40 Å². The molecule has 2 aliphatic rings. The van der Waals surface area contributed by atoms with Crippen molar-refractivity contribution in [1.82, 2.24) is 9.38 Å². The molecule has 0 saturated carbocycles. The van der Waals surface area contributed by atoms with Crippen molar-refractivity contribution < 1.29 is 0 Å². The van der Waals surface area contributed by atoms with Gasteiger partial charge in [0.15, 0.2) is 8.07 Å². The average Bonchev–Trinajstić information content (AvgIpc) is 3.22. The van der Waals surface area contributed by atoms with Crippen molar-refractivity contribution in [3.63, 3.8) is 0 Å². The molecule has 2 unspecified atom stereocenters. The molecular weight excluding hydrogens is 428 g/mol. The Hall–Kier alpha value is -3.69. The topological polar surface area (TPSA) is 17.3 Å².